The molecule has 6 nitrogen and oxygen atoms in total. The largest absolute Gasteiger partial charge is 0.493 e. The molecule has 0 bridgehead atoms. The van der Waals surface area contributed by atoms with Crippen LogP contribution in [0.25, 0.3) is 0 Å². The molecule has 1 amide bonds. The zero-order valence-electron chi connectivity index (χ0n) is 17.7. The molecule has 162 valence electrons. The predicted octanol–water partition coefficient (Wildman–Crippen LogP) is 2.71. The van der Waals surface area contributed by atoms with Gasteiger partial charge >= 0.3 is 0 Å². The number of nitrogens with one attached hydrogen (secondary N) is 1. The van der Waals surface area contributed by atoms with Crippen LogP contribution in [-0.4, -0.2) is 64.3 Å². The highest BCUT2D eigenvalue weighted by Crippen LogP contribution is 2.27. The molecule has 30 heavy (non-hydrogen) atoms. The van der Waals surface area contributed by atoms with Crippen molar-refractivity contribution in [3.05, 3.63) is 53.8 Å². The second-order valence-electron chi connectivity index (χ2n) is 7.37. The van der Waals surface area contributed by atoms with Crippen molar-refractivity contribution in [3.8, 4) is 11.5 Å². The quantitative estimate of drug-likeness (QED) is 0.639. The third-order valence-corrected chi connectivity index (χ3v) is 5.35. The summed E-state index contributed by atoms with van der Waals surface area (Å²) < 4.78 is 23.6. The Bertz CT molecular complexity index is 821. The third-order valence-electron chi connectivity index (χ3n) is 5.35. The summed E-state index contributed by atoms with van der Waals surface area (Å²) in [6.07, 6.45) is 1.23. The van der Waals surface area contributed by atoms with Gasteiger partial charge < -0.3 is 19.7 Å². The Kier molecular flexibility index (Phi) is 7.90. The first kappa shape index (κ1) is 21.9. The Morgan fingerprint density at radius 3 is 2.37 bits per heavy atom. The molecule has 1 aliphatic rings. The van der Waals surface area contributed by atoms with Gasteiger partial charge in [0.15, 0.2) is 11.5 Å². The smallest absolute Gasteiger partial charge is 0.224 e. The summed E-state index contributed by atoms with van der Waals surface area (Å²) in [5.74, 6) is 1.08. The molecule has 1 heterocycles. The topological polar surface area (TPSA) is 54.0 Å². The molecule has 0 radical (unpaired) electrons. The molecule has 0 spiro atoms. The summed E-state index contributed by atoms with van der Waals surface area (Å²) in [6, 6.07) is 12.2. The van der Waals surface area contributed by atoms with Crippen molar-refractivity contribution in [2.24, 2.45) is 0 Å². The molecule has 1 saturated heterocycles. The average molecular weight is 416 g/mol. The van der Waals surface area contributed by atoms with Crippen LogP contribution in [-0.2, 0) is 11.2 Å². The standard InChI is InChI=1S/C23H30FN3O3/c1-29-21-9-4-18(16-22(21)30-2)17-23(28)25-10-3-11-26-12-14-27(15-13-26)20-7-5-19(24)6-8-20/h4-9,16H,3,10-15,17H2,1-2H3,(H,25,28). The van der Waals surface area contributed by atoms with Crippen LogP contribution in [0.5, 0.6) is 11.5 Å². The van der Waals surface area contributed by atoms with Gasteiger partial charge in [-0.3, -0.25) is 9.69 Å². The molecule has 1 aliphatic heterocycles. The van der Waals surface area contributed by atoms with Crippen molar-refractivity contribution >= 4 is 11.6 Å². The van der Waals surface area contributed by atoms with Crippen molar-refractivity contribution < 1.29 is 18.7 Å². The zero-order chi connectivity index (χ0) is 21.3. The van der Waals surface area contributed by atoms with Crippen LogP contribution < -0.4 is 19.7 Å². The van der Waals surface area contributed by atoms with Gasteiger partial charge in [-0.05, 0) is 54.9 Å². The monoisotopic (exact) mass is 415 g/mol. The minimum atomic E-state index is -0.203. The molecule has 2 aromatic carbocycles. The number of benzene rings is 2. The Morgan fingerprint density at radius 2 is 1.70 bits per heavy atom. The molecule has 0 saturated carbocycles. The van der Waals surface area contributed by atoms with Crippen LogP contribution in [0.1, 0.15) is 12.0 Å². The number of ether oxygens (including phenoxy) is 2. The summed E-state index contributed by atoms with van der Waals surface area (Å²) in [7, 11) is 3.17. The fourth-order valence-electron chi connectivity index (χ4n) is 3.65. The van der Waals surface area contributed by atoms with E-state index in [1.165, 1.54) is 12.1 Å². The minimum Gasteiger partial charge on any atom is -0.493 e. The lowest BCUT2D eigenvalue weighted by Crippen LogP contribution is -2.47. The lowest BCUT2D eigenvalue weighted by Gasteiger charge is -2.36. The fourth-order valence-corrected chi connectivity index (χ4v) is 3.65. The van der Waals surface area contributed by atoms with Crippen molar-refractivity contribution in [3.63, 3.8) is 0 Å². The molecule has 1 fully saturated rings. The normalized spacial score (nSPS) is 14.4. The van der Waals surface area contributed by atoms with Gasteiger partial charge in [-0.1, -0.05) is 6.07 Å². The number of anilines is 1. The van der Waals surface area contributed by atoms with E-state index in [9.17, 15) is 9.18 Å². The Morgan fingerprint density at radius 1 is 1.00 bits per heavy atom. The van der Waals surface area contributed by atoms with E-state index in [1.54, 1.807) is 14.2 Å². The van der Waals surface area contributed by atoms with E-state index < -0.39 is 0 Å². The molecular weight excluding hydrogens is 385 g/mol. The number of hydrogen-bond acceptors (Lipinski definition) is 5. The van der Waals surface area contributed by atoms with Crippen LogP contribution in [0.2, 0.25) is 0 Å². The van der Waals surface area contributed by atoms with Crippen LogP contribution in [0.4, 0.5) is 10.1 Å². The summed E-state index contributed by atoms with van der Waals surface area (Å²) in [5, 5.41) is 2.99. The van der Waals surface area contributed by atoms with Gasteiger partial charge in [0.2, 0.25) is 5.91 Å². The second-order valence-corrected chi connectivity index (χ2v) is 7.37. The molecule has 0 unspecified atom stereocenters. The maximum absolute atomic E-state index is 13.1. The van der Waals surface area contributed by atoms with E-state index in [2.05, 4.69) is 15.1 Å². The van der Waals surface area contributed by atoms with E-state index in [0.717, 1.165) is 50.4 Å². The molecule has 0 aliphatic carbocycles. The number of nitrogens with zero attached hydrogens (tertiary/aromatic N) is 2. The number of methoxy groups -OCH3 is 2. The Hall–Kier alpha value is -2.80. The minimum absolute atomic E-state index is 0.00310. The van der Waals surface area contributed by atoms with Gasteiger partial charge in [-0.25, -0.2) is 4.39 Å². The first-order chi connectivity index (χ1) is 14.6. The van der Waals surface area contributed by atoms with Gasteiger partial charge in [0.05, 0.1) is 20.6 Å². The van der Waals surface area contributed by atoms with Gasteiger partial charge in [-0.2, -0.15) is 0 Å². The molecular formula is C23H30FN3O3. The van der Waals surface area contributed by atoms with Crippen LogP contribution in [0.3, 0.4) is 0 Å². The lowest BCUT2D eigenvalue weighted by molar-refractivity contribution is -0.120. The Balaban J connectivity index is 1.33. The summed E-state index contributed by atoms with van der Waals surface area (Å²) in [6.45, 7) is 5.40. The highest BCUT2D eigenvalue weighted by molar-refractivity contribution is 5.78. The highest BCUT2D eigenvalue weighted by Gasteiger charge is 2.17. The molecule has 0 aromatic heterocycles. The molecule has 0 atom stereocenters. The van der Waals surface area contributed by atoms with Gasteiger partial charge in [-0.15, -0.1) is 0 Å². The maximum Gasteiger partial charge on any atom is 0.224 e. The van der Waals surface area contributed by atoms with E-state index in [-0.39, 0.29) is 11.7 Å². The maximum atomic E-state index is 13.1. The molecule has 1 N–H and O–H groups in total. The van der Waals surface area contributed by atoms with Crippen LogP contribution in [0.15, 0.2) is 42.5 Å². The van der Waals surface area contributed by atoms with Gasteiger partial charge in [0, 0.05) is 38.4 Å². The average Bonchev–Trinajstić information content (AvgIpc) is 2.77. The van der Waals surface area contributed by atoms with Gasteiger partial charge in [0.1, 0.15) is 5.82 Å². The van der Waals surface area contributed by atoms with E-state index in [4.69, 9.17) is 9.47 Å². The van der Waals surface area contributed by atoms with Crippen molar-refractivity contribution in [1.82, 2.24) is 10.2 Å². The molecule has 7 heteroatoms. The van der Waals surface area contributed by atoms with Crippen molar-refractivity contribution in [2.45, 2.75) is 12.8 Å². The van der Waals surface area contributed by atoms with E-state index in [0.29, 0.717) is 24.5 Å². The SMILES string of the molecule is COc1ccc(CC(=O)NCCCN2CCN(c3ccc(F)cc3)CC2)cc1OC. The molecule has 2 aromatic rings. The summed E-state index contributed by atoms with van der Waals surface area (Å²) in [5.41, 5.74) is 1.96. The zero-order valence-corrected chi connectivity index (χ0v) is 17.7. The summed E-state index contributed by atoms with van der Waals surface area (Å²) >= 11 is 0. The van der Waals surface area contributed by atoms with Crippen LogP contribution >= 0.6 is 0 Å². The number of halogens is 1. The van der Waals surface area contributed by atoms with Gasteiger partial charge in [0.25, 0.3) is 0 Å². The van der Waals surface area contributed by atoms with Crippen molar-refractivity contribution in [2.75, 3.05) is 58.4 Å². The number of carbonyl (C=O) groups excluding carboxylic acids is 1. The highest BCUT2D eigenvalue weighted by atomic mass is 19.1. The third kappa shape index (κ3) is 6.10. The Labute approximate surface area is 177 Å². The number of rotatable bonds is 9. The number of piperazine rings is 1. The number of hydrogen-bond donors (Lipinski definition) is 1. The van der Waals surface area contributed by atoms with Crippen molar-refractivity contribution in [1.29, 1.82) is 0 Å². The first-order valence-corrected chi connectivity index (χ1v) is 10.3. The second kappa shape index (κ2) is 10.8. The van der Waals surface area contributed by atoms with E-state index in [1.807, 2.05) is 30.3 Å². The molecule has 3 rings (SSSR count). The lowest BCUT2D eigenvalue weighted by atomic mass is 10.1. The van der Waals surface area contributed by atoms with Crippen LogP contribution in [0, 0.1) is 5.82 Å². The number of carbonyl (C=O) groups is 1. The summed E-state index contributed by atoms with van der Waals surface area (Å²) in [4.78, 5) is 16.9. The first-order valence-electron chi connectivity index (χ1n) is 10.3. The number of amides is 1. The predicted molar refractivity (Wildman–Crippen MR) is 116 cm³/mol. The fraction of sp³-hybridized carbons (Fsp3) is 0.435. The van der Waals surface area contributed by atoms with E-state index >= 15 is 0 Å².